The lowest BCUT2D eigenvalue weighted by Gasteiger charge is -2.31. The number of nitrogens with one attached hydrogen (secondary N) is 1. The maximum Gasteiger partial charge on any atom is 0.416 e. The Balaban J connectivity index is 1.93. The summed E-state index contributed by atoms with van der Waals surface area (Å²) in [5.74, 6) is -1.64. The molecule has 1 amide bonds. The van der Waals surface area contributed by atoms with E-state index in [1.165, 1.54) is 17.0 Å². The Morgan fingerprint density at radius 2 is 2.12 bits per heavy atom. The van der Waals surface area contributed by atoms with Gasteiger partial charge in [-0.25, -0.2) is 0 Å². The molecule has 1 aliphatic heterocycles. The number of aromatic nitrogens is 2. The normalized spacial score (nSPS) is 18.0. The molecule has 0 radical (unpaired) electrons. The third kappa shape index (κ3) is 5.46. The molecule has 1 aromatic carbocycles. The van der Waals surface area contributed by atoms with Crippen LogP contribution in [0.5, 0.6) is 5.75 Å². The minimum absolute atomic E-state index is 0.159. The summed E-state index contributed by atoms with van der Waals surface area (Å²) in [6.07, 6.45) is -3.65. The van der Waals surface area contributed by atoms with E-state index in [1.54, 1.807) is 0 Å². The number of hydrogen-bond acceptors (Lipinski definition) is 7. The molecule has 1 fully saturated rings. The molecule has 2 aromatic rings. The van der Waals surface area contributed by atoms with Crippen LogP contribution in [0.3, 0.4) is 0 Å². The zero-order chi connectivity index (χ0) is 23.7. The number of halogens is 3. The van der Waals surface area contributed by atoms with Crippen molar-refractivity contribution in [3.05, 3.63) is 57.5 Å². The molecule has 1 saturated heterocycles. The zero-order valence-electron chi connectivity index (χ0n) is 16.8. The summed E-state index contributed by atoms with van der Waals surface area (Å²) in [7, 11) is -4.03. The van der Waals surface area contributed by atoms with Crippen LogP contribution in [0.2, 0.25) is 0 Å². The Labute approximate surface area is 180 Å². The molecule has 174 valence electrons. The Bertz CT molecular complexity index is 1170. The zero-order valence-corrected chi connectivity index (χ0v) is 17.6. The number of carbonyl (C=O) groups is 1. The van der Waals surface area contributed by atoms with Gasteiger partial charge in [0.2, 0.25) is 5.43 Å². The molecular formula is C19H20F3N3O6S. The maximum atomic E-state index is 13.1. The number of rotatable bonds is 6. The van der Waals surface area contributed by atoms with Gasteiger partial charge in [-0.15, -0.1) is 0 Å². The monoisotopic (exact) mass is 475 g/mol. The van der Waals surface area contributed by atoms with Crippen molar-refractivity contribution in [3.63, 3.8) is 0 Å². The Morgan fingerprint density at radius 3 is 2.78 bits per heavy atom. The van der Waals surface area contributed by atoms with Crippen LogP contribution in [0.4, 0.5) is 13.2 Å². The number of hydrogen-bond donors (Lipinski definition) is 2. The first-order chi connectivity index (χ1) is 14.9. The lowest BCUT2D eigenvalue weighted by atomic mass is 9.98. The molecule has 1 unspecified atom stereocenters. The molecule has 3 rings (SSSR count). The van der Waals surface area contributed by atoms with Crippen LogP contribution in [-0.4, -0.2) is 59.5 Å². The first-order valence-corrected chi connectivity index (χ1v) is 11.3. The fourth-order valence-electron chi connectivity index (χ4n) is 3.68. The topological polar surface area (TPSA) is 130 Å². The van der Waals surface area contributed by atoms with Gasteiger partial charge >= 0.3 is 6.18 Å². The second-order valence-electron chi connectivity index (χ2n) is 7.41. The van der Waals surface area contributed by atoms with E-state index in [4.69, 9.17) is 4.18 Å². The summed E-state index contributed by atoms with van der Waals surface area (Å²) in [5.41, 5.74) is -2.08. The van der Waals surface area contributed by atoms with Crippen LogP contribution < -0.4 is 5.43 Å². The van der Waals surface area contributed by atoms with Gasteiger partial charge in [0.25, 0.3) is 16.0 Å². The van der Waals surface area contributed by atoms with Crippen LogP contribution in [0, 0.1) is 0 Å². The fraction of sp³-hybridized carbons (Fsp3) is 0.421. The molecule has 0 saturated carbocycles. The third-order valence-electron chi connectivity index (χ3n) is 5.02. The number of amides is 1. The number of alkyl halides is 3. The van der Waals surface area contributed by atoms with Crippen molar-refractivity contribution in [1.29, 1.82) is 0 Å². The largest absolute Gasteiger partial charge is 0.502 e. The Kier molecular flexibility index (Phi) is 6.60. The van der Waals surface area contributed by atoms with E-state index < -0.39 is 56.8 Å². The molecular weight excluding hydrogens is 455 g/mol. The maximum absolute atomic E-state index is 13.1. The number of aromatic amines is 1. The van der Waals surface area contributed by atoms with Crippen LogP contribution in [0.25, 0.3) is 0 Å². The minimum Gasteiger partial charge on any atom is -0.502 e. The number of benzene rings is 1. The first kappa shape index (κ1) is 23.7. The summed E-state index contributed by atoms with van der Waals surface area (Å²) in [6, 6.07) is 3.55. The smallest absolute Gasteiger partial charge is 0.416 e. The highest BCUT2D eigenvalue weighted by Gasteiger charge is 2.39. The van der Waals surface area contributed by atoms with Gasteiger partial charge in [-0.1, -0.05) is 18.2 Å². The fourth-order valence-corrected chi connectivity index (χ4v) is 4.33. The highest BCUT2D eigenvalue weighted by molar-refractivity contribution is 7.86. The molecule has 2 atom stereocenters. The van der Waals surface area contributed by atoms with Gasteiger partial charge < -0.3 is 10.0 Å². The molecule has 0 aliphatic carbocycles. The van der Waals surface area contributed by atoms with Crippen molar-refractivity contribution in [2.75, 3.05) is 12.8 Å². The van der Waals surface area contributed by atoms with Gasteiger partial charge in [-0.2, -0.15) is 26.7 Å². The average molecular weight is 475 g/mol. The van der Waals surface area contributed by atoms with E-state index >= 15 is 0 Å². The summed E-state index contributed by atoms with van der Waals surface area (Å²) in [5, 5.41) is 15.7. The molecule has 0 bridgehead atoms. The summed E-state index contributed by atoms with van der Waals surface area (Å²) in [6.45, 7) is 0.159. The molecule has 2 heterocycles. The highest BCUT2D eigenvalue weighted by atomic mass is 32.2. The average Bonchev–Trinajstić information content (AvgIpc) is 3.17. The summed E-state index contributed by atoms with van der Waals surface area (Å²) < 4.78 is 68.1. The highest BCUT2D eigenvalue weighted by Crippen LogP contribution is 2.31. The van der Waals surface area contributed by atoms with Gasteiger partial charge in [0, 0.05) is 13.0 Å². The second kappa shape index (κ2) is 8.90. The van der Waals surface area contributed by atoms with Gasteiger partial charge in [0.05, 0.1) is 24.1 Å². The number of carbonyl (C=O) groups excluding carboxylic acids is 1. The Hall–Kier alpha value is -2.93. The molecule has 2 N–H and O–H groups in total. The summed E-state index contributed by atoms with van der Waals surface area (Å²) >= 11 is 0. The van der Waals surface area contributed by atoms with Crippen LogP contribution in [-0.2, 0) is 26.9 Å². The molecule has 1 aromatic heterocycles. The number of H-pyrrole nitrogens is 1. The molecule has 9 nitrogen and oxygen atoms in total. The van der Waals surface area contributed by atoms with Crippen molar-refractivity contribution < 1.29 is 35.7 Å². The van der Waals surface area contributed by atoms with Gasteiger partial charge in [-0.05, 0) is 24.5 Å². The minimum atomic E-state index is -4.58. The predicted octanol–water partition coefficient (Wildman–Crippen LogP) is 1.69. The number of aromatic hydroxyl groups is 1. The molecule has 32 heavy (non-hydrogen) atoms. The molecule has 1 aliphatic rings. The van der Waals surface area contributed by atoms with Crippen molar-refractivity contribution in [2.45, 2.75) is 37.6 Å². The van der Waals surface area contributed by atoms with Gasteiger partial charge in [0.1, 0.15) is 6.10 Å². The SMILES string of the molecule is CS(=O)(=O)OC(Cc1cccc(C(F)(F)F)c1)[C@H]1CCCN1C(=O)c1[nH]ncc(=O)c1O. The van der Waals surface area contributed by atoms with Gasteiger partial charge in [-0.3, -0.25) is 18.9 Å². The van der Waals surface area contributed by atoms with Crippen LogP contribution in [0.1, 0.15) is 34.5 Å². The van der Waals surface area contributed by atoms with E-state index in [2.05, 4.69) is 10.2 Å². The lowest BCUT2D eigenvalue weighted by Crippen LogP contribution is -2.46. The van der Waals surface area contributed by atoms with Crippen molar-refractivity contribution in [2.24, 2.45) is 0 Å². The quantitative estimate of drug-likeness (QED) is 0.608. The van der Waals surface area contributed by atoms with E-state index in [9.17, 15) is 36.3 Å². The third-order valence-corrected chi connectivity index (χ3v) is 5.62. The Morgan fingerprint density at radius 1 is 1.41 bits per heavy atom. The first-order valence-electron chi connectivity index (χ1n) is 9.49. The number of nitrogens with zero attached hydrogens (tertiary/aromatic N) is 2. The number of likely N-dealkylation sites (tertiary alicyclic amines) is 1. The van der Waals surface area contributed by atoms with E-state index in [0.717, 1.165) is 24.6 Å². The van der Waals surface area contributed by atoms with Crippen molar-refractivity contribution >= 4 is 16.0 Å². The second-order valence-corrected chi connectivity index (χ2v) is 9.01. The van der Waals surface area contributed by atoms with Crippen LogP contribution >= 0.6 is 0 Å². The van der Waals surface area contributed by atoms with Gasteiger partial charge in [0.15, 0.2) is 11.4 Å². The van der Waals surface area contributed by atoms with E-state index in [-0.39, 0.29) is 18.5 Å². The molecule has 13 heteroatoms. The van der Waals surface area contributed by atoms with E-state index in [0.29, 0.717) is 12.8 Å². The van der Waals surface area contributed by atoms with Crippen molar-refractivity contribution in [1.82, 2.24) is 15.1 Å². The predicted molar refractivity (Wildman–Crippen MR) is 105 cm³/mol. The van der Waals surface area contributed by atoms with E-state index in [1.807, 2.05) is 0 Å². The molecule has 0 spiro atoms. The lowest BCUT2D eigenvalue weighted by molar-refractivity contribution is -0.137. The van der Waals surface area contributed by atoms with Crippen molar-refractivity contribution in [3.8, 4) is 5.75 Å². The van der Waals surface area contributed by atoms with Crippen LogP contribution in [0.15, 0.2) is 35.3 Å². The summed E-state index contributed by atoms with van der Waals surface area (Å²) in [4.78, 5) is 25.8. The standard InChI is InChI=1S/C19H20F3N3O6S/c1-32(29,30)31-15(9-11-4-2-5-12(8-11)19(20,21)22)13-6-3-7-25(13)18(28)16-17(27)14(26)10-23-24-16/h2,4-5,8,10,13,15H,3,6-7,9H2,1H3,(H,23,27)(H,24,26)/t13-,15?/m1/s1.